The maximum atomic E-state index is 12.9. The lowest BCUT2D eigenvalue weighted by atomic mass is 9.95. The van der Waals surface area contributed by atoms with Gasteiger partial charge in [0.15, 0.2) is 0 Å². The molecule has 0 aliphatic heterocycles. The second-order valence-corrected chi connectivity index (χ2v) is 7.83. The molecular formula is C13H22ClN3O3S. The largest absolute Gasteiger partial charge is 0.392 e. The summed E-state index contributed by atoms with van der Waals surface area (Å²) >= 11 is 6.04. The SMILES string of the molecule is CC(O)CN(C1CCCCC1)S(=O)(=O)c1ncn(C)c1Cl. The van der Waals surface area contributed by atoms with Gasteiger partial charge in [-0.2, -0.15) is 4.31 Å². The molecular weight excluding hydrogens is 314 g/mol. The molecule has 1 atom stereocenters. The molecule has 2 rings (SSSR count). The number of aryl methyl sites for hydroxylation is 1. The first kappa shape index (κ1) is 16.7. The third-order valence-electron chi connectivity index (χ3n) is 3.81. The summed E-state index contributed by atoms with van der Waals surface area (Å²) in [6.07, 6.45) is 5.43. The van der Waals surface area contributed by atoms with Crippen LogP contribution in [0.25, 0.3) is 0 Å². The predicted molar refractivity (Wildman–Crippen MR) is 80.7 cm³/mol. The van der Waals surface area contributed by atoms with Crippen molar-refractivity contribution in [1.29, 1.82) is 0 Å². The van der Waals surface area contributed by atoms with E-state index in [-0.39, 0.29) is 22.8 Å². The molecule has 21 heavy (non-hydrogen) atoms. The van der Waals surface area contributed by atoms with Gasteiger partial charge < -0.3 is 9.67 Å². The molecule has 1 aromatic heterocycles. The van der Waals surface area contributed by atoms with E-state index in [2.05, 4.69) is 4.98 Å². The molecule has 1 aliphatic rings. The van der Waals surface area contributed by atoms with Crippen LogP contribution >= 0.6 is 11.6 Å². The quantitative estimate of drug-likeness (QED) is 0.890. The van der Waals surface area contributed by atoms with Gasteiger partial charge in [0.2, 0.25) is 5.03 Å². The van der Waals surface area contributed by atoms with Gasteiger partial charge in [0.05, 0.1) is 12.4 Å². The van der Waals surface area contributed by atoms with Crippen molar-refractivity contribution in [2.45, 2.75) is 56.2 Å². The van der Waals surface area contributed by atoms with E-state index < -0.39 is 16.1 Å². The average Bonchev–Trinajstić information content (AvgIpc) is 2.77. The van der Waals surface area contributed by atoms with Gasteiger partial charge in [-0.25, -0.2) is 13.4 Å². The van der Waals surface area contributed by atoms with E-state index in [0.717, 1.165) is 32.1 Å². The third kappa shape index (κ3) is 3.59. The number of sulfonamides is 1. The number of aliphatic hydroxyl groups is 1. The predicted octanol–water partition coefficient (Wildman–Crippen LogP) is 1.78. The number of halogens is 1. The number of nitrogens with zero attached hydrogens (tertiary/aromatic N) is 3. The highest BCUT2D eigenvalue weighted by Crippen LogP contribution is 2.30. The van der Waals surface area contributed by atoms with Crippen molar-refractivity contribution in [3.63, 3.8) is 0 Å². The van der Waals surface area contributed by atoms with E-state index in [4.69, 9.17) is 11.6 Å². The van der Waals surface area contributed by atoms with E-state index in [9.17, 15) is 13.5 Å². The first-order chi connectivity index (χ1) is 9.84. The molecule has 0 radical (unpaired) electrons. The van der Waals surface area contributed by atoms with Gasteiger partial charge in [-0.3, -0.25) is 0 Å². The zero-order valence-corrected chi connectivity index (χ0v) is 13.9. The first-order valence-corrected chi connectivity index (χ1v) is 9.02. The second kappa shape index (κ2) is 6.64. The van der Waals surface area contributed by atoms with Crippen LogP contribution in [0.2, 0.25) is 5.15 Å². The Morgan fingerprint density at radius 3 is 2.57 bits per heavy atom. The summed E-state index contributed by atoms with van der Waals surface area (Å²) in [7, 11) is -2.15. The minimum absolute atomic E-state index is 0.0693. The van der Waals surface area contributed by atoms with Gasteiger partial charge in [0.25, 0.3) is 10.0 Å². The molecule has 1 aliphatic carbocycles. The Bertz CT molecular complexity index is 579. The summed E-state index contributed by atoms with van der Waals surface area (Å²) in [4.78, 5) is 3.93. The molecule has 1 heterocycles. The zero-order chi connectivity index (χ0) is 15.6. The van der Waals surface area contributed by atoms with Crippen LogP contribution in [0.1, 0.15) is 39.0 Å². The number of imidazole rings is 1. The van der Waals surface area contributed by atoms with Gasteiger partial charge in [0, 0.05) is 19.6 Å². The molecule has 0 bridgehead atoms. The van der Waals surface area contributed by atoms with Crippen LogP contribution in [0, 0.1) is 0 Å². The normalized spacial score (nSPS) is 19.1. The van der Waals surface area contributed by atoms with Crippen molar-refractivity contribution in [1.82, 2.24) is 13.9 Å². The number of aliphatic hydroxyl groups excluding tert-OH is 1. The van der Waals surface area contributed by atoms with Crippen molar-refractivity contribution in [3.8, 4) is 0 Å². The van der Waals surface area contributed by atoms with Crippen molar-refractivity contribution < 1.29 is 13.5 Å². The lowest BCUT2D eigenvalue weighted by molar-refractivity contribution is 0.136. The van der Waals surface area contributed by atoms with Gasteiger partial charge in [-0.15, -0.1) is 0 Å². The molecule has 1 fully saturated rings. The molecule has 0 amide bonds. The van der Waals surface area contributed by atoms with Gasteiger partial charge in [-0.1, -0.05) is 30.9 Å². The fourth-order valence-corrected chi connectivity index (χ4v) is 4.91. The molecule has 0 saturated heterocycles. The van der Waals surface area contributed by atoms with Crippen LogP contribution in [-0.4, -0.2) is 46.1 Å². The topological polar surface area (TPSA) is 75.4 Å². The average molecular weight is 336 g/mol. The Hall–Kier alpha value is -0.630. The summed E-state index contributed by atoms with van der Waals surface area (Å²) in [5.41, 5.74) is 0. The summed E-state index contributed by atoms with van der Waals surface area (Å²) in [6.45, 7) is 1.66. The third-order valence-corrected chi connectivity index (χ3v) is 6.22. The number of hydrogen-bond acceptors (Lipinski definition) is 4. The van der Waals surface area contributed by atoms with E-state index >= 15 is 0 Å². The Labute approximate surface area is 130 Å². The van der Waals surface area contributed by atoms with Crippen LogP contribution in [0.3, 0.4) is 0 Å². The molecule has 6 nitrogen and oxygen atoms in total. The molecule has 1 saturated carbocycles. The minimum Gasteiger partial charge on any atom is -0.392 e. The highest BCUT2D eigenvalue weighted by Gasteiger charge is 2.36. The van der Waals surface area contributed by atoms with Crippen molar-refractivity contribution in [2.24, 2.45) is 7.05 Å². The Balaban J connectivity index is 2.36. The van der Waals surface area contributed by atoms with Gasteiger partial charge in [-0.05, 0) is 19.8 Å². The Morgan fingerprint density at radius 1 is 1.48 bits per heavy atom. The maximum Gasteiger partial charge on any atom is 0.264 e. The van der Waals surface area contributed by atoms with Crippen LogP contribution in [0.4, 0.5) is 0 Å². The van der Waals surface area contributed by atoms with Crippen LogP contribution in [0.15, 0.2) is 11.4 Å². The minimum atomic E-state index is -3.80. The molecule has 120 valence electrons. The van der Waals surface area contributed by atoms with Crippen LogP contribution < -0.4 is 0 Å². The molecule has 1 N–H and O–H groups in total. The maximum absolute atomic E-state index is 12.9. The second-order valence-electron chi connectivity index (χ2n) is 5.67. The van der Waals surface area contributed by atoms with E-state index in [1.165, 1.54) is 15.2 Å². The smallest absolute Gasteiger partial charge is 0.264 e. The van der Waals surface area contributed by atoms with Gasteiger partial charge >= 0.3 is 0 Å². The summed E-state index contributed by atoms with van der Waals surface area (Å²) in [6, 6.07) is -0.0866. The molecule has 0 aromatic carbocycles. The fraction of sp³-hybridized carbons (Fsp3) is 0.769. The number of aromatic nitrogens is 2. The lowest BCUT2D eigenvalue weighted by Crippen LogP contribution is -2.45. The molecule has 0 spiro atoms. The Morgan fingerprint density at radius 2 is 2.10 bits per heavy atom. The fourth-order valence-electron chi connectivity index (χ4n) is 2.75. The van der Waals surface area contributed by atoms with Crippen LogP contribution in [-0.2, 0) is 17.1 Å². The zero-order valence-electron chi connectivity index (χ0n) is 12.4. The number of hydrogen-bond donors (Lipinski definition) is 1. The van der Waals surface area contributed by atoms with Crippen molar-refractivity contribution in [2.75, 3.05) is 6.54 Å². The van der Waals surface area contributed by atoms with Crippen molar-refractivity contribution >= 4 is 21.6 Å². The summed E-state index contributed by atoms with van der Waals surface area (Å²) in [5, 5.41) is 9.65. The number of rotatable bonds is 5. The molecule has 8 heteroatoms. The highest BCUT2D eigenvalue weighted by atomic mass is 35.5. The van der Waals surface area contributed by atoms with Crippen LogP contribution in [0.5, 0.6) is 0 Å². The molecule has 1 aromatic rings. The first-order valence-electron chi connectivity index (χ1n) is 7.20. The van der Waals surface area contributed by atoms with Gasteiger partial charge in [0.1, 0.15) is 5.15 Å². The highest BCUT2D eigenvalue weighted by molar-refractivity contribution is 7.89. The summed E-state index contributed by atoms with van der Waals surface area (Å²) < 4.78 is 28.6. The van der Waals surface area contributed by atoms with E-state index in [1.807, 2.05) is 0 Å². The summed E-state index contributed by atoms with van der Waals surface area (Å²) in [5.74, 6) is 0. The standard InChI is InChI=1S/C13H22ClN3O3S/c1-10(18)8-17(11-6-4-3-5-7-11)21(19,20)13-12(14)16(2)9-15-13/h9-11,18H,3-8H2,1-2H3. The molecule has 1 unspecified atom stereocenters. The lowest BCUT2D eigenvalue weighted by Gasteiger charge is -2.33. The van der Waals surface area contributed by atoms with E-state index in [1.54, 1.807) is 14.0 Å². The Kier molecular flexibility index (Phi) is 5.29. The van der Waals surface area contributed by atoms with Crippen molar-refractivity contribution in [3.05, 3.63) is 11.5 Å². The van der Waals surface area contributed by atoms with E-state index in [0.29, 0.717) is 0 Å². The monoisotopic (exact) mass is 335 g/mol.